The van der Waals surface area contributed by atoms with Gasteiger partial charge in [-0.25, -0.2) is 0 Å². The van der Waals surface area contributed by atoms with E-state index in [0.29, 0.717) is 6.04 Å². The van der Waals surface area contributed by atoms with Crippen LogP contribution in [0.4, 0.5) is 0 Å². The molecule has 0 saturated carbocycles. The third kappa shape index (κ3) is 3.98. The van der Waals surface area contributed by atoms with Crippen molar-refractivity contribution in [3.63, 3.8) is 0 Å². The zero-order chi connectivity index (χ0) is 12.0. The molecule has 0 bridgehead atoms. The average molecular weight is 244 g/mol. The van der Waals surface area contributed by atoms with Gasteiger partial charge in [0.05, 0.1) is 12.6 Å². The summed E-state index contributed by atoms with van der Waals surface area (Å²) in [4.78, 5) is 4.74. The Balaban J connectivity index is 2.55. The molecule has 0 amide bonds. The zero-order valence-corrected chi connectivity index (χ0v) is 11.7. The molecule has 0 aromatic rings. The van der Waals surface area contributed by atoms with Gasteiger partial charge in [0.25, 0.3) is 0 Å². The molecule has 1 rings (SSSR count). The van der Waals surface area contributed by atoms with Crippen molar-refractivity contribution in [1.82, 2.24) is 5.32 Å². The van der Waals surface area contributed by atoms with Gasteiger partial charge < -0.3 is 10.1 Å². The van der Waals surface area contributed by atoms with Crippen molar-refractivity contribution < 1.29 is 4.74 Å². The van der Waals surface area contributed by atoms with Crippen molar-refractivity contribution in [2.75, 3.05) is 19.5 Å². The molecule has 1 heterocycles. The SMILES string of the molecule is CCCC(COC)N=C1NC(C)(CC)CS1. The molecule has 16 heavy (non-hydrogen) atoms. The van der Waals surface area contributed by atoms with Crippen LogP contribution in [0.1, 0.15) is 40.0 Å². The highest BCUT2D eigenvalue weighted by Crippen LogP contribution is 2.26. The number of nitrogens with one attached hydrogen (secondary N) is 1. The second-order valence-corrected chi connectivity index (χ2v) is 5.62. The van der Waals surface area contributed by atoms with Crippen LogP contribution in [-0.2, 0) is 4.74 Å². The summed E-state index contributed by atoms with van der Waals surface area (Å²) in [6.45, 7) is 7.39. The summed E-state index contributed by atoms with van der Waals surface area (Å²) < 4.78 is 5.20. The first-order chi connectivity index (χ1) is 7.63. The minimum atomic E-state index is 0.230. The Kier molecular flexibility index (Phi) is 5.62. The van der Waals surface area contributed by atoms with Gasteiger partial charge in [0.1, 0.15) is 0 Å². The molecule has 94 valence electrons. The Morgan fingerprint density at radius 3 is 2.81 bits per heavy atom. The summed E-state index contributed by atoms with van der Waals surface area (Å²) in [6, 6.07) is 0.309. The van der Waals surface area contributed by atoms with Gasteiger partial charge >= 0.3 is 0 Å². The third-order valence-corrected chi connectivity index (χ3v) is 4.26. The zero-order valence-electron chi connectivity index (χ0n) is 10.9. The molecule has 4 heteroatoms. The van der Waals surface area contributed by atoms with E-state index in [1.54, 1.807) is 7.11 Å². The van der Waals surface area contributed by atoms with E-state index in [0.717, 1.165) is 36.8 Å². The van der Waals surface area contributed by atoms with E-state index in [-0.39, 0.29) is 5.54 Å². The monoisotopic (exact) mass is 244 g/mol. The molecule has 0 spiro atoms. The predicted octanol–water partition coefficient (Wildman–Crippen LogP) is 2.66. The van der Waals surface area contributed by atoms with Crippen molar-refractivity contribution in [3.8, 4) is 0 Å². The van der Waals surface area contributed by atoms with Crippen LogP contribution in [0.5, 0.6) is 0 Å². The first-order valence-corrected chi connectivity index (χ1v) is 7.09. The molecule has 2 atom stereocenters. The van der Waals surface area contributed by atoms with Gasteiger partial charge in [0, 0.05) is 18.4 Å². The highest BCUT2D eigenvalue weighted by molar-refractivity contribution is 8.14. The van der Waals surface area contributed by atoms with Crippen molar-refractivity contribution in [2.24, 2.45) is 4.99 Å². The number of rotatable bonds is 6. The van der Waals surface area contributed by atoms with E-state index in [2.05, 4.69) is 26.1 Å². The van der Waals surface area contributed by atoms with Crippen LogP contribution in [0, 0.1) is 0 Å². The Morgan fingerprint density at radius 1 is 1.56 bits per heavy atom. The van der Waals surface area contributed by atoms with E-state index in [1.165, 1.54) is 0 Å². The first kappa shape index (κ1) is 13.8. The van der Waals surface area contributed by atoms with Crippen molar-refractivity contribution in [2.45, 2.75) is 51.6 Å². The van der Waals surface area contributed by atoms with Crippen LogP contribution in [-0.4, -0.2) is 36.2 Å². The molecule has 1 aliphatic rings. The third-order valence-electron chi connectivity index (χ3n) is 3.00. The Bertz CT molecular complexity index is 239. The van der Waals surface area contributed by atoms with Gasteiger partial charge in [-0.15, -0.1) is 0 Å². The van der Waals surface area contributed by atoms with Gasteiger partial charge in [-0.3, -0.25) is 4.99 Å². The fourth-order valence-corrected chi connectivity index (χ4v) is 2.97. The van der Waals surface area contributed by atoms with Crippen LogP contribution in [0.3, 0.4) is 0 Å². The minimum Gasteiger partial charge on any atom is -0.382 e. The molecular formula is C12H24N2OS. The van der Waals surface area contributed by atoms with Gasteiger partial charge in [-0.1, -0.05) is 32.0 Å². The lowest BCUT2D eigenvalue weighted by molar-refractivity contribution is 0.177. The summed E-state index contributed by atoms with van der Waals surface area (Å²) >= 11 is 1.84. The highest BCUT2D eigenvalue weighted by Gasteiger charge is 2.30. The quantitative estimate of drug-likeness (QED) is 0.780. The number of hydrogen-bond donors (Lipinski definition) is 1. The lowest BCUT2D eigenvalue weighted by atomic mass is 10.0. The smallest absolute Gasteiger partial charge is 0.157 e. The number of thioether (sulfide) groups is 1. The van der Waals surface area contributed by atoms with Crippen LogP contribution < -0.4 is 5.32 Å². The van der Waals surface area contributed by atoms with Crippen LogP contribution >= 0.6 is 11.8 Å². The van der Waals surface area contributed by atoms with E-state index >= 15 is 0 Å². The van der Waals surface area contributed by atoms with Crippen molar-refractivity contribution in [3.05, 3.63) is 0 Å². The molecule has 1 fully saturated rings. The van der Waals surface area contributed by atoms with Crippen molar-refractivity contribution >= 4 is 16.9 Å². The Hall–Kier alpha value is -0.220. The number of methoxy groups -OCH3 is 1. The van der Waals surface area contributed by atoms with Gasteiger partial charge in [-0.05, 0) is 19.8 Å². The van der Waals surface area contributed by atoms with E-state index in [4.69, 9.17) is 9.73 Å². The second kappa shape index (κ2) is 6.50. The Morgan fingerprint density at radius 2 is 2.31 bits per heavy atom. The maximum atomic E-state index is 5.20. The summed E-state index contributed by atoms with van der Waals surface area (Å²) in [6.07, 6.45) is 3.39. The number of aliphatic imine (C=N–C) groups is 1. The van der Waals surface area contributed by atoms with E-state index in [1.807, 2.05) is 11.8 Å². The fourth-order valence-electron chi connectivity index (χ4n) is 1.69. The maximum Gasteiger partial charge on any atom is 0.157 e. The molecule has 1 saturated heterocycles. The molecule has 0 aromatic carbocycles. The first-order valence-electron chi connectivity index (χ1n) is 6.11. The van der Waals surface area contributed by atoms with Gasteiger partial charge in [0.15, 0.2) is 5.17 Å². The van der Waals surface area contributed by atoms with Crippen LogP contribution in [0.15, 0.2) is 4.99 Å². The summed E-state index contributed by atoms with van der Waals surface area (Å²) in [7, 11) is 1.74. The average Bonchev–Trinajstić information content (AvgIpc) is 2.62. The standard InChI is InChI=1S/C12H24N2OS/c1-5-7-10(8-15-4)13-11-14-12(3,6-2)9-16-11/h10H,5-9H2,1-4H3,(H,13,14). The van der Waals surface area contributed by atoms with Gasteiger partial charge in [0.2, 0.25) is 0 Å². The van der Waals surface area contributed by atoms with E-state index in [9.17, 15) is 0 Å². The summed E-state index contributed by atoms with van der Waals surface area (Å²) in [5.74, 6) is 1.12. The second-order valence-electron chi connectivity index (χ2n) is 4.66. The van der Waals surface area contributed by atoms with E-state index < -0.39 is 0 Å². The van der Waals surface area contributed by atoms with Crippen LogP contribution in [0.25, 0.3) is 0 Å². The molecule has 0 aromatic heterocycles. The molecule has 1 aliphatic heterocycles. The largest absolute Gasteiger partial charge is 0.382 e. The number of hydrogen-bond acceptors (Lipinski definition) is 3. The molecule has 1 N–H and O–H groups in total. The van der Waals surface area contributed by atoms with Crippen molar-refractivity contribution in [1.29, 1.82) is 0 Å². The number of ether oxygens (including phenoxy) is 1. The van der Waals surface area contributed by atoms with Crippen LogP contribution in [0.2, 0.25) is 0 Å². The Labute approximate surface area is 103 Å². The molecule has 0 aliphatic carbocycles. The number of amidine groups is 1. The van der Waals surface area contributed by atoms with Gasteiger partial charge in [-0.2, -0.15) is 0 Å². The molecular weight excluding hydrogens is 220 g/mol. The number of nitrogens with zero attached hydrogens (tertiary/aromatic N) is 1. The normalized spacial score (nSPS) is 29.4. The summed E-state index contributed by atoms with van der Waals surface area (Å²) in [5, 5.41) is 4.62. The lowest BCUT2D eigenvalue weighted by Crippen LogP contribution is -2.40. The topological polar surface area (TPSA) is 33.6 Å². The molecule has 3 nitrogen and oxygen atoms in total. The lowest BCUT2D eigenvalue weighted by Gasteiger charge is -2.21. The molecule has 2 unspecified atom stereocenters. The molecule has 0 radical (unpaired) electrons. The predicted molar refractivity (Wildman–Crippen MR) is 72.3 cm³/mol. The summed E-state index contributed by atoms with van der Waals surface area (Å²) in [5.41, 5.74) is 0.230. The fraction of sp³-hybridized carbons (Fsp3) is 0.917. The maximum absolute atomic E-state index is 5.20. The highest BCUT2D eigenvalue weighted by atomic mass is 32.2. The minimum absolute atomic E-state index is 0.230.